The molecule has 2 aromatic carbocycles. The van der Waals surface area contributed by atoms with Gasteiger partial charge in [-0.3, -0.25) is 4.79 Å². The number of fused-ring (bicyclic) bond motifs is 3. The van der Waals surface area contributed by atoms with Gasteiger partial charge in [0, 0.05) is 27.9 Å². The number of carbonyl (C=O) groups excluding carboxylic acids is 1. The lowest BCUT2D eigenvalue weighted by atomic mass is 9.93. The number of nitrogens with zero attached hydrogens (tertiary/aromatic N) is 2. The molecule has 1 aliphatic rings. The van der Waals surface area contributed by atoms with E-state index in [0.717, 1.165) is 58.4 Å². The summed E-state index contributed by atoms with van der Waals surface area (Å²) in [6, 6.07) is 13.7. The summed E-state index contributed by atoms with van der Waals surface area (Å²) in [5.74, 6) is -0.427. The number of aryl methyl sites for hydroxylation is 1. The van der Waals surface area contributed by atoms with Crippen molar-refractivity contribution in [2.24, 2.45) is 10.9 Å². The van der Waals surface area contributed by atoms with E-state index in [0.29, 0.717) is 5.56 Å². The highest BCUT2D eigenvalue weighted by atomic mass is 16.4. The van der Waals surface area contributed by atoms with Crippen LogP contribution >= 0.6 is 0 Å². The molecular weight excluding hydrogens is 314 g/mol. The highest BCUT2D eigenvalue weighted by Gasteiger charge is 2.26. The number of benzene rings is 2. The molecule has 1 aromatic heterocycles. The molecule has 0 atom stereocenters. The first-order valence-electron chi connectivity index (χ1n) is 8.36. The average molecular weight is 333 g/mol. The van der Waals surface area contributed by atoms with Crippen LogP contribution in [0.5, 0.6) is 0 Å². The standard InChI is InChI=1S/C20H19N3O2/c1-12-11-13(20(21)24)9-10-16(12)23-17-7-3-2-5-14(17)19-15(22-25)6-4-8-18(19)23/h2-3,5,7,9-11,25H,4,6,8H2,1H3,(H2,21,24)/b22-15-. The molecule has 1 heterocycles. The van der Waals surface area contributed by atoms with Crippen LogP contribution in [0.25, 0.3) is 16.6 Å². The first-order chi connectivity index (χ1) is 12.1. The molecule has 126 valence electrons. The Morgan fingerprint density at radius 1 is 1.20 bits per heavy atom. The normalized spacial score (nSPS) is 15.5. The van der Waals surface area contributed by atoms with Crippen LogP contribution in [0.4, 0.5) is 0 Å². The summed E-state index contributed by atoms with van der Waals surface area (Å²) in [7, 11) is 0. The topological polar surface area (TPSA) is 80.6 Å². The molecule has 0 fully saturated rings. The lowest BCUT2D eigenvalue weighted by Crippen LogP contribution is -2.15. The summed E-state index contributed by atoms with van der Waals surface area (Å²) in [6.07, 6.45) is 2.64. The van der Waals surface area contributed by atoms with Gasteiger partial charge in [-0.15, -0.1) is 0 Å². The first-order valence-corrected chi connectivity index (χ1v) is 8.36. The summed E-state index contributed by atoms with van der Waals surface area (Å²) in [5, 5.41) is 14.1. The fraction of sp³-hybridized carbons (Fsp3) is 0.200. The van der Waals surface area contributed by atoms with E-state index in [1.54, 1.807) is 6.07 Å². The van der Waals surface area contributed by atoms with E-state index in [9.17, 15) is 10.0 Å². The van der Waals surface area contributed by atoms with Gasteiger partial charge in [0.2, 0.25) is 5.91 Å². The van der Waals surface area contributed by atoms with Crippen molar-refractivity contribution in [1.29, 1.82) is 0 Å². The third-order valence-corrected chi connectivity index (χ3v) is 4.93. The van der Waals surface area contributed by atoms with Crippen molar-refractivity contribution in [3.05, 3.63) is 64.8 Å². The maximum absolute atomic E-state index is 11.4. The summed E-state index contributed by atoms with van der Waals surface area (Å²) < 4.78 is 2.22. The second-order valence-electron chi connectivity index (χ2n) is 6.44. The van der Waals surface area contributed by atoms with Crippen LogP contribution in [-0.4, -0.2) is 21.4 Å². The number of hydrogen-bond donors (Lipinski definition) is 2. The molecule has 0 spiro atoms. The number of hydrogen-bond acceptors (Lipinski definition) is 3. The fourth-order valence-corrected chi connectivity index (χ4v) is 3.83. The van der Waals surface area contributed by atoms with Crippen molar-refractivity contribution in [2.75, 3.05) is 0 Å². The fourth-order valence-electron chi connectivity index (χ4n) is 3.83. The Morgan fingerprint density at radius 2 is 2.00 bits per heavy atom. The molecule has 0 bridgehead atoms. The number of rotatable bonds is 2. The highest BCUT2D eigenvalue weighted by molar-refractivity contribution is 6.13. The lowest BCUT2D eigenvalue weighted by Gasteiger charge is -2.18. The zero-order valence-corrected chi connectivity index (χ0v) is 14.0. The van der Waals surface area contributed by atoms with E-state index in [-0.39, 0.29) is 0 Å². The third-order valence-electron chi connectivity index (χ3n) is 4.93. The number of primary amides is 1. The molecule has 1 amide bonds. The zero-order chi connectivity index (χ0) is 17.6. The van der Waals surface area contributed by atoms with Crippen LogP contribution in [0, 0.1) is 6.92 Å². The van der Waals surface area contributed by atoms with Gasteiger partial charge in [-0.1, -0.05) is 23.4 Å². The molecule has 0 radical (unpaired) electrons. The summed E-state index contributed by atoms with van der Waals surface area (Å²) in [5.41, 5.74) is 11.9. The van der Waals surface area contributed by atoms with Crippen molar-refractivity contribution in [3.8, 4) is 5.69 Å². The van der Waals surface area contributed by atoms with Gasteiger partial charge in [-0.05, 0) is 56.0 Å². The maximum Gasteiger partial charge on any atom is 0.248 e. The minimum Gasteiger partial charge on any atom is -0.411 e. The number of para-hydroxylation sites is 1. The van der Waals surface area contributed by atoms with Crippen LogP contribution in [-0.2, 0) is 6.42 Å². The molecule has 5 heteroatoms. The first kappa shape index (κ1) is 15.4. The number of aromatic nitrogens is 1. The van der Waals surface area contributed by atoms with Crippen LogP contribution in [0.15, 0.2) is 47.6 Å². The molecule has 0 unspecified atom stereocenters. The van der Waals surface area contributed by atoms with E-state index in [1.165, 1.54) is 0 Å². The smallest absolute Gasteiger partial charge is 0.248 e. The maximum atomic E-state index is 11.4. The summed E-state index contributed by atoms with van der Waals surface area (Å²) in [4.78, 5) is 11.4. The second-order valence-corrected chi connectivity index (χ2v) is 6.44. The average Bonchev–Trinajstić information content (AvgIpc) is 2.96. The van der Waals surface area contributed by atoms with Crippen LogP contribution in [0.2, 0.25) is 0 Å². The molecule has 4 rings (SSSR count). The Balaban J connectivity index is 2.05. The minimum absolute atomic E-state index is 0.427. The van der Waals surface area contributed by atoms with E-state index in [4.69, 9.17) is 5.73 Å². The second kappa shape index (κ2) is 5.77. The molecule has 5 nitrogen and oxygen atoms in total. The Hall–Kier alpha value is -3.08. The minimum atomic E-state index is -0.427. The van der Waals surface area contributed by atoms with E-state index in [1.807, 2.05) is 31.2 Å². The number of carbonyl (C=O) groups is 1. The van der Waals surface area contributed by atoms with Crippen LogP contribution < -0.4 is 5.73 Å². The molecule has 3 N–H and O–H groups in total. The van der Waals surface area contributed by atoms with Gasteiger partial charge in [0.05, 0.1) is 11.2 Å². The molecule has 0 aliphatic heterocycles. The quantitative estimate of drug-likeness (QED) is 0.555. The lowest BCUT2D eigenvalue weighted by molar-refractivity contribution is 0.1000. The predicted molar refractivity (Wildman–Crippen MR) is 97.8 cm³/mol. The number of oxime groups is 1. The largest absolute Gasteiger partial charge is 0.411 e. The van der Waals surface area contributed by atoms with E-state index in [2.05, 4.69) is 21.9 Å². The Bertz CT molecular complexity index is 1030. The van der Waals surface area contributed by atoms with E-state index < -0.39 is 5.91 Å². The monoisotopic (exact) mass is 333 g/mol. The predicted octanol–water partition coefficient (Wildman–Crippen LogP) is 3.55. The SMILES string of the molecule is Cc1cc(C(N)=O)ccc1-n1c2c(c3ccccc31)/C(=N\O)CCC2. The van der Waals surface area contributed by atoms with Gasteiger partial charge in [-0.25, -0.2) is 0 Å². The van der Waals surface area contributed by atoms with E-state index >= 15 is 0 Å². The number of amides is 1. The van der Waals surface area contributed by atoms with Gasteiger partial charge in [-0.2, -0.15) is 0 Å². The van der Waals surface area contributed by atoms with Crippen LogP contribution in [0.1, 0.15) is 40.0 Å². The Labute approximate surface area is 145 Å². The van der Waals surface area contributed by atoms with Gasteiger partial charge < -0.3 is 15.5 Å². The Morgan fingerprint density at radius 3 is 2.72 bits per heavy atom. The van der Waals surface area contributed by atoms with Gasteiger partial charge in [0.1, 0.15) is 0 Å². The van der Waals surface area contributed by atoms with Gasteiger partial charge in [0.25, 0.3) is 0 Å². The van der Waals surface area contributed by atoms with Crippen LogP contribution in [0.3, 0.4) is 0 Å². The molecule has 25 heavy (non-hydrogen) atoms. The van der Waals surface area contributed by atoms with Crippen molar-refractivity contribution >= 4 is 22.5 Å². The summed E-state index contributed by atoms with van der Waals surface area (Å²) in [6.45, 7) is 1.98. The van der Waals surface area contributed by atoms with Crippen molar-refractivity contribution in [3.63, 3.8) is 0 Å². The van der Waals surface area contributed by atoms with Gasteiger partial charge >= 0.3 is 0 Å². The third kappa shape index (κ3) is 2.31. The van der Waals surface area contributed by atoms with Crippen molar-refractivity contribution in [2.45, 2.75) is 26.2 Å². The Kier molecular flexibility index (Phi) is 3.57. The summed E-state index contributed by atoms with van der Waals surface area (Å²) >= 11 is 0. The number of nitrogens with two attached hydrogens (primary N) is 1. The van der Waals surface area contributed by atoms with Crippen molar-refractivity contribution < 1.29 is 10.0 Å². The molecule has 1 aliphatic carbocycles. The highest BCUT2D eigenvalue weighted by Crippen LogP contribution is 2.35. The van der Waals surface area contributed by atoms with Crippen molar-refractivity contribution in [1.82, 2.24) is 4.57 Å². The molecule has 0 saturated heterocycles. The molecular formula is C20H19N3O2. The zero-order valence-electron chi connectivity index (χ0n) is 14.0. The van der Waals surface area contributed by atoms with Gasteiger partial charge in [0.15, 0.2) is 0 Å². The molecule has 3 aromatic rings. The molecule has 0 saturated carbocycles.